The van der Waals surface area contributed by atoms with Crippen LogP contribution in [0.15, 0.2) is 23.0 Å². The Morgan fingerprint density at radius 1 is 1.13 bits per heavy atom. The maximum absolute atomic E-state index is 13.4. The van der Waals surface area contributed by atoms with Crippen molar-refractivity contribution in [2.24, 2.45) is 0 Å². The molecule has 8 nitrogen and oxygen atoms in total. The first-order chi connectivity index (χ1) is 14.7. The van der Waals surface area contributed by atoms with Crippen molar-refractivity contribution in [3.05, 3.63) is 51.1 Å². The minimum atomic E-state index is -0.302. The van der Waals surface area contributed by atoms with E-state index < -0.39 is 0 Å². The van der Waals surface area contributed by atoms with Gasteiger partial charge in [-0.3, -0.25) is 9.69 Å². The van der Waals surface area contributed by atoms with Crippen molar-refractivity contribution < 1.29 is 0 Å². The number of benzene rings is 1. The number of aromatic nitrogens is 5. The van der Waals surface area contributed by atoms with Gasteiger partial charge in [0, 0.05) is 31.7 Å². The molecule has 0 amide bonds. The number of aromatic amines is 1. The van der Waals surface area contributed by atoms with Gasteiger partial charge in [0.2, 0.25) is 0 Å². The second kappa shape index (κ2) is 8.16. The van der Waals surface area contributed by atoms with Crippen LogP contribution in [-0.4, -0.2) is 68.2 Å². The lowest BCUT2D eigenvalue weighted by Gasteiger charge is -2.38. The van der Waals surface area contributed by atoms with Crippen molar-refractivity contribution in [2.45, 2.75) is 52.6 Å². The van der Waals surface area contributed by atoms with E-state index in [1.807, 2.05) is 17.7 Å². The van der Waals surface area contributed by atoms with Crippen molar-refractivity contribution in [2.75, 3.05) is 33.2 Å². The van der Waals surface area contributed by atoms with Crippen LogP contribution in [0.25, 0.3) is 10.9 Å². The smallest absolute Gasteiger partial charge is 0.253 e. The van der Waals surface area contributed by atoms with Gasteiger partial charge >= 0.3 is 0 Å². The summed E-state index contributed by atoms with van der Waals surface area (Å²) in [5.74, 6) is 0.727. The van der Waals surface area contributed by atoms with Crippen LogP contribution in [0.2, 0.25) is 0 Å². The van der Waals surface area contributed by atoms with E-state index in [-0.39, 0.29) is 17.1 Å². The Labute approximate surface area is 183 Å². The highest BCUT2D eigenvalue weighted by molar-refractivity contribution is 5.83. The van der Waals surface area contributed by atoms with Gasteiger partial charge in [-0.25, -0.2) is 4.68 Å². The topological polar surface area (TPSA) is 82.9 Å². The van der Waals surface area contributed by atoms with E-state index >= 15 is 0 Å². The molecule has 8 heteroatoms. The van der Waals surface area contributed by atoms with Crippen LogP contribution in [0, 0.1) is 13.8 Å². The molecule has 1 aliphatic heterocycles. The van der Waals surface area contributed by atoms with Gasteiger partial charge in [-0.2, -0.15) is 0 Å². The summed E-state index contributed by atoms with van der Waals surface area (Å²) in [6.07, 6.45) is 0.882. The number of rotatable bonds is 5. The highest BCUT2D eigenvalue weighted by Gasteiger charge is 2.35. The molecule has 4 rings (SSSR count). The van der Waals surface area contributed by atoms with Crippen LogP contribution < -0.4 is 5.56 Å². The monoisotopic (exact) mass is 423 g/mol. The lowest BCUT2D eigenvalue weighted by molar-refractivity contribution is 0.117. The zero-order valence-electron chi connectivity index (χ0n) is 19.4. The van der Waals surface area contributed by atoms with E-state index in [0.29, 0.717) is 5.56 Å². The predicted octanol–water partition coefficient (Wildman–Crippen LogP) is 2.61. The molecule has 3 heterocycles. The van der Waals surface area contributed by atoms with E-state index in [0.717, 1.165) is 54.9 Å². The number of pyridine rings is 1. The molecule has 0 saturated carbocycles. The highest BCUT2D eigenvalue weighted by atomic mass is 16.1. The Bertz CT molecular complexity index is 1140. The maximum atomic E-state index is 13.4. The minimum absolute atomic E-state index is 0.0766. The maximum Gasteiger partial charge on any atom is 0.253 e. The van der Waals surface area contributed by atoms with E-state index in [1.165, 1.54) is 5.56 Å². The minimum Gasteiger partial charge on any atom is -0.321 e. The molecule has 166 valence electrons. The molecular formula is C23H33N7O. The fraction of sp³-hybridized carbons (Fsp3) is 0.565. The molecule has 3 aromatic rings. The lowest BCUT2D eigenvalue weighted by Crippen LogP contribution is -2.48. The average molecular weight is 424 g/mol. The Hall–Kier alpha value is -2.58. The predicted molar refractivity (Wildman–Crippen MR) is 122 cm³/mol. The third-order valence-electron chi connectivity index (χ3n) is 6.70. The van der Waals surface area contributed by atoms with Crippen LogP contribution in [0.5, 0.6) is 0 Å². The number of nitrogens with zero attached hydrogens (tertiary/aromatic N) is 6. The number of tetrazole rings is 1. The summed E-state index contributed by atoms with van der Waals surface area (Å²) in [5, 5.41) is 13.9. The molecule has 1 aliphatic rings. The van der Waals surface area contributed by atoms with Crippen molar-refractivity contribution in [1.82, 2.24) is 35.0 Å². The van der Waals surface area contributed by atoms with Crippen LogP contribution in [0.4, 0.5) is 0 Å². The molecule has 0 radical (unpaired) electrons. The second-order valence-electron chi connectivity index (χ2n) is 9.46. The van der Waals surface area contributed by atoms with Crippen molar-refractivity contribution >= 4 is 10.9 Å². The van der Waals surface area contributed by atoms with E-state index in [9.17, 15) is 4.79 Å². The number of H-pyrrole nitrogens is 1. The second-order valence-corrected chi connectivity index (χ2v) is 9.46. The summed E-state index contributed by atoms with van der Waals surface area (Å²) in [6, 6.07) is 5.96. The number of fused-ring (bicyclic) bond motifs is 1. The summed E-state index contributed by atoms with van der Waals surface area (Å²) in [5.41, 5.74) is 3.52. The first kappa shape index (κ1) is 21.6. The number of aryl methyl sites for hydroxylation is 2. The molecule has 1 aromatic carbocycles. The summed E-state index contributed by atoms with van der Waals surface area (Å²) in [7, 11) is 2.13. The first-order valence-electron chi connectivity index (χ1n) is 11.1. The SMILES string of the molecule is CCC(C)(C)n1nnnc1C(c1cc2cc(C)cc(C)c2[nH]c1=O)N1CCN(C)CC1. The summed E-state index contributed by atoms with van der Waals surface area (Å²) in [4.78, 5) is 21.2. The van der Waals surface area contributed by atoms with Gasteiger partial charge in [0.25, 0.3) is 5.56 Å². The van der Waals surface area contributed by atoms with Gasteiger partial charge in [-0.05, 0) is 74.7 Å². The third kappa shape index (κ3) is 4.02. The molecule has 1 fully saturated rings. The number of hydrogen-bond donors (Lipinski definition) is 1. The van der Waals surface area contributed by atoms with Gasteiger partial charge < -0.3 is 9.88 Å². The van der Waals surface area contributed by atoms with Gasteiger partial charge in [-0.15, -0.1) is 5.10 Å². The summed E-state index contributed by atoms with van der Waals surface area (Å²) >= 11 is 0. The Morgan fingerprint density at radius 2 is 1.84 bits per heavy atom. The first-order valence-corrected chi connectivity index (χ1v) is 11.1. The fourth-order valence-electron chi connectivity index (χ4n) is 4.43. The van der Waals surface area contributed by atoms with Crippen molar-refractivity contribution in [3.63, 3.8) is 0 Å². The van der Waals surface area contributed by atoms with Gasteiger partial charge in [0.05, 0.1) is 11.1 Å². The molecule has 1 unspecified atom stereocenters. The molecule has 0 aliphatic carbocycles. The lowest BCUT2D eigenvalue weighted by atomic mass is 9.98. The standard InChI is InChI=1S/C23H33N7O/c1-7-23(4,5)30-21(25-26-27-30)20(29-10-8-28(6)9-11-29)18-14-17-13-15(2)12-16(3)19(17)24-22(18)31/h12-14,20H,7-11H2,1-6H3,(H,24,31). The Kier molecular flexibility index (Phi) is 5.70. The van der Waals surface area contributed by atoms with Gasteiger partial charge in [0.1, 0.15) is 6.04 Å². The Balaban J connectivity index is 1.92. The van der Waals surface area contributed by atoms with E-state index in [4.69, 9.17) is 0 Å². The number of hydrogen-bond acceptors (Lipinski definition) is 6. The highest BCUT2D eigenvalue weighted by Crippen LogP contribution is 2.31. The normalized spacial score (nSPS) is 17.4. The van der Waals surface area contributed by atoms with Crippen LogP contribution in [-0.2, 0) is 5.54 Å². The fourth-order valence-corrected chi connectivity index (χ4v) is 4.43. The molecule has 31 heavy (non-hydrogen) atoms. The van der Waals surface area contributed by atoms with Crippen molar-refractivity contribution in [1.29, 1.82) is 0 Å². The number of piperazine rings is 1. The van der Waals surface area contributed by atoms with Crippen LogP contribution in [0.1, 0.15) is 55.7 Å². The number of nitrogens with one attached hydrogen (secondary N) is 1. The zero-order chi connectivity index (χ0) is 22.3. The molecule has 1 atom stereocenters. The van der Waals surface area contributed by atoms with Gasteiger partial charge in [0.15, 0.2) is 5.82 Å². The molecular weight excluding hydrogens is 390 g/mol. The number of likely N-dealkylation sites (N-methyl/N-ethyl adjacent to an activating group) is 1. The molecule has 0 bridgehead atoms. The third-order valence-corrected chi connectivity index (χ3v) is 6.70. The summed E-state index contributed by atoms with van der Waals surface area (Å²) < 4.78 is 1.90. The van der Waals surface area contributed by atoms with E-state index in [1.54, 1.807) is 0 Å². The van der Waals surface area contributed by atoms with Crippen molar-refractivity contribution in [3.8, 4) is 0 Å². The molecule has 0 spiro atoms. The van der Waals surface area contributed by atoms with E-state index in [2.05, 4.69) is 77.2 Å². The average Bonchev–Trinajstić information content (AvgIpc) is 3.21. The van der Waals surface area contributed by atoms with Crippen LogP contribution >= 0.6 is 0 Å². The molecule has 1 N–H and O–H groups in total. The summed E-state index contributed by atoms with van der Waals surface area (Å²) in [6.45, 7) is 14.1. The Morgan fingerprint density at radius 3 is 2.52 bits per heavy atom. The van der Waals surface area contributed by atoms with Crippen LogP contribution in [0.3, 0.4) is 0 Å². The largest absolute Gasteiger partial charge is 0.321 e. The quantitative estimate of drug-likeness (QED) is 0.679. The molecule has 2 aromatic heterocycles. The molecule has 1 saturated heterocycles. The van der Waals surface area contributed by atoms with Gasteiger partial charge in [-0.1, -0.05) is 18.6 Å². The zero-order valence-corrected chi connectivity index (χ0v) is 19.4.